The Bertz CT molecular complexity index is 924. The number of aromatic nitrogens is 2. The van der Waals surface area contributed by atoms with Gasteiger partial charge in [-0.1, -0.05) is 54.6 Å². The fourth-order valence-corrected chi connectivity index (χ4v) is 3.01. The Morgan fingerprint density at radius 3 is 2.77 bits per heavy atom. The van der Waals surface area contributed by atoms with E-state index in [0.717, 1.165) is 16.7 Å². The fourth-order valence-electron chi connectivity index (χ4n) is 3.01. The summed E-state index contributed by atoms with van der Waals surface area (Å²) in [5.41, 5.74) is 3.35. The third-order valence-electron chi connectivity index (χ3n) is 4.29. The molecule has 3 aromatic rings. The minimum atomic E-state index is -0.527. The SMILES string of the molecule is O=[N+]([O-])c1cn2c(n1)OC[C@@H](OCc1ccccc1-c1ccccc1)C2. The van der Waals surface area contributed by atoms with Gasteiger partial charge in [-0.2, -0.15) is 0 Å². The summed E-state index contributed by atoms with van der Waals surface area (Å²) in [6.07, 6.45) is 1.18. The molecule has 2 heterocycles. The van der Waals surface area contributed by atoms with E-state index in [1.54, 1.807) is 4.57 Å². The zero-order chi connectivity index (χ0) is 17.9. The zero-order valence-corrected chi connectivity index (χ0v) is 13.9. The van der Waals surface area contributed by atoms with E-state index in [4.69, 9.17) is 9.47 Å². The normalized spacial score (nSPS) is 15.9. The largest absolute Gasteiger partial charge is 0.443 e. The van der Waals surface area contributed by atoms with Crippen molar-refractivity contribution in [3.63, 3.8) is 0 Å². The summed E-state index contributed by atoms with van der Waals surface area (Å²) in [6.45, 7) is 1.23. The van der Waals surface area contributed by atoms with Crippen molar-refractivity contribution < 1.29 is 14.4 Å². The minimum absolute atomic E-state index is 0.194. The first kappa shape index (κ1) is 16.3. The van der Waals surface area contributed by atoms with E-state index in [9.17, 15) is 10.1 Å². The monoisotopic (exact) mass is 351 g/mol. The Kier molecular flexibility index (Phi) is 4.37. The number of benzene rings is 2. The van der Waals surface area contributed by atoms with Crippen LogP contribution in [0.2, 0.25) is 0 Å². The summed E-state index contributed by atoms with van der Waals surface area (Å²) in [4.78, 5) is 14.1. The van der Waals surface area contributed by atoms with E-state index in [-0.39, 0.29) is 17.9 Å². The first-order chi connectivity index (χ1) is 12.7. The van der Waals surface area contributed by atoms with Crippen LogP contribution >= 0.6 is 0 Å². The molecule has 7 nitrogen and oxygen atoms in total. The molecule has 0 amide bonds. The fraction of sp³-hybridized carbons (Fsp3) is 0.211. The standard InChI is InChI=1S/C19H17N3O4/c23-22(24)18-11-21-10-16(13-26-19(21)20-18)25-12-15-8-4-5-9-17(15)14-6-2-1-3-7-14/h1-9,11,16H,10,12-13H2/t16-/m0/s1. The second-order valence-electron chi connectivity index (χ2n) is 6.06. The summed E-state index contributed by atoms with van der Waals surface area (Å²) < 4.78 is 13.1. The predicted molar refractivity (Wildman–Crippen MR) is 94.8 cm³/mol. The second-order valence-corrected chi connectivity index (χ2v) is 6.06. The molecule has 0 saturated carbocycles. The van der Waals surface area contributed by atoms with Crippen LogP contribution in [-0.2, 0) is 17.9 Å². The molecule has 0 fully saturated rings. The molecule has 0 unspecified atom stereocenters. The topological polar surface area (TPSA) is 79.4 Å². The molecule has 1 aliphatic rings. The number of nitrogens with zero attached hydrogens (tertiary/aromatic N) is 3. The Labute approximate surface area is 150 Å². The average Bonchev–Trinajstić information content (AvgIpc) is 3.11. The van der Waals surface area contributed by atoms with Crippen molar-refractivity contribution in [2.24, 2.45) is 0 Å². The van der Waals surface area contributed by atoms with Crippen LogP contribution in [0.15, 0.2) is 60.8 Å². The van der Waals surface area contributed by atoms with Gasteiger partial charge < -0.3 is 19.6 Å². The summed E-state index contributed by atoms with van der Waals surface area (Å²) in [5, 5.41) is 10.8. The Morgan fingerprint density at radius 2 is 1.96 bits per heavy atom. The van der Waals surface area contributed by atoms with Gasteiger partial charge in [0, 0.05) is 4.98 Å². The lowest BCUT2D eigenvalue weighted by atomic mass is 10.0. The zero-order valence-electron chi connectivity index (χ0n) is 13.9. The lowest BCUT2D eigenvalue weighted by Gasteiger charge is -2.23. The lowest BCUT2D eigenvalue weighted by Crippen LogP contribution is -2.32. The first-order valence-electron chi connectivity index (χ1n) is 8.30. The van der Waals surface area contributed by atoms with Crippen LogP contribution < -0.4 is 4.74 Å². The van der Waals surface area contributed by atoms with Crippen LogP contribution in [0.25, 0.3) is 11.1 Å². The summed E-state index contributed by atoms with van der Waals surface area (Å²) >= 11 is 0. The molecule has 0 aliphatic carbocycles. The molecule has 0 saturated heterocycles. The molecular formula is C19H17N3O4. The Hall–Kier alpha value is -3.19. The molecule has 1 aromatic heterocycles. The molecule has 26 heavy (non-hydrogen) atoms. The number of fused-ring (bicyclic) bond motifs is 1. The third kappa shape index (κ3) is 3.29. The van der Waals surface area contributed by atoms with Gasteiger partial charge in [-0.25, -0.2) is 0 Å². The highest BCUT2D eigenvalue weighted by Gasteiger charge is 2.28. The molecule has 0 radical (unpaired) electrons. The summed E-state index contributed by atoms with van der Waals surface area (Å²) in [6, 6.07) is 18.5. The van der Waals surface area contributed by atoms with E-state index in [0.29, 0.717) is 19.8 Å². The van der Waals surface area contributed by atoms with Crippen molar-refractivity contribution in [3.8, 4) is 17.1 Å². The van der Waals surface area contributed by atoms with Crippen LogP contribution in [0.4, 0.5) is 5.82 Å². The average molecular weight is 351 g/mol. The first-order valence-corrected chi connectivity index (χ1v) is 8.30. The number of hydrogen-bond donors (Lipinski definition) is 0. The molecule has 0 bridgehead atoms. The molecule has 4 rings (SSSR count). The van der Waals surface area contributed by atoms with Crippen molar-refractivity contribution in [1.29, 1.82) is 0 Å². The van der Waals surface area contributed by atoms with E-state index in [1.807, 2.05) is 36.4 Å². The highest BCUT2D eigenvalue weighted by Crippen LogP contribution is 2.26. The molecule has 1 aliphatic heterocycles. The van der Waals surface area contributed by atoms with Crippen LogP contribution in [0.5, 0.6) is 6.01 Å². The van der Waals surface area contributed by atoms with Gasteiger partial charge in [-0.05, 0) is 21.6 Å². The quantitative estimate of drug-likeness (QED) is 0.520. The van der Waals surface area contributed by atoms with Gasteiger partial charge in [0.15, 0.2) is 0 Å². The van der Waals surface area contributed by atoms with Crippen molar-refractivity contribution >= 4 is 5.82 Å². The smallest absolute Gasteiger partial charge is 0.414 e. The summed E-state index contributed by atoms with van der Waals surface area (Å²) in [5.74, 6) is -0.213. The number of ether oxygens (including phenoxy) is 2. The Morgan fingerprint density at radius 1 is 1.19 bits per heavy atom. The van der Waals surface area contributed by atoms with Crippen molar-refractivity contribution in [1.82, 2.24) is 9.55 Å². The minimum Gasteiger partial charge on any atom is -0.443 e. The van der Waals surface area contributed by atoms with Crippen molar-refractivity contribution in [2.45, 2.75) is 19.3 Å². The van der Waals surface area contributed by atoms with Crippen LogP contribution in [0, 0.1) is 10.1 Å². The van der Waals surface area contributed by atoms with Gasteiger partial charge in [-0.15, -0.1) is 0 Å². The van der Waals surface area contributed by atoms with E-state index < -0.39 is 4.92 Å². The maximum absolute atomic E-state index is 10.8. The highest BCUT2D eigenvalue weighted by atomic mass is 16.6. The summed E-state index contributed by atoms with van der Waals surface area (Å²) in [7, 11) is 0. The lowest BCUT2D eigenvalue weighted by molar-refractivity contribution is -0.389. The van der Waals surface area contributed by atoms with Gasteiger partial charge in [0.25, 0.3) is 0 Å². The molecule has 0 N–H and O–H groups in total. The molecular weight excluding hydrogens is 334 g/mol. The predicted octanol–water partition coefficient (Wildman–Crippen LogP) is 3.44. The van der Waals surface area contributed by atoms with E-state index in [2.05, 4.69) is 23.2 Å². The van der Waals surface area contributed by atoms with Gasteiger partial charge in [-0.3, -0.25) is 4.57 Å². The third-order valence-corrected chi connectivity index (χ3v) is 4.29. The van der Waals surface area contributed by atoms with Gasteiger partial charge in [0.05, 0.1) is 13.2 Å². The molecule has 1 atom stereocenters. The highest BCUT2D eigenvalue weighted by molar-refractivity contribution is 5.67. The maximum atomic E-state index is 10.8. The van der Waals surface area contributed by atoms with Crippen molar-refractivity contribution in [2.75, 3.05) is 6.61 Å². The molecule has 7 heteroatoms. The number of nitro groups is 1. The number of hydrogen-bond acceptors (Lipinski definition) is 5. The van der Waals surface area contributed by atoms with E-state index in [1.165, 1.54) is 6.20 Å². The maximum Gasteiger partial charge on any atom is 0.414 e. The molecule has 132 valence electrons. The number of rotatable bonds is 5. The second kappa shape index (κ2) is 6.97. The van der Waals surface area contributed by atoms with E-state index >= 15 is 0 Å². The van der Waals surface area contributed by atoms with Crippen LogP contribution in [-0.4, -0.2) is 27.2 Å². The Balaban J connectivity index is 1.46. The van der Waals surface area contributed by atoms with Gasteiger partial charge >= 0.3 is 11.8 Å². The van der Waals surface area contributed by atoms with Crippen molar-refractivity contribution in [3.05, 3.63) is 76.5 Å². The van der Waals surface area contributed by atoms with Crippen LogP contribution in [0.3, 0.4) is 0 Å². The van der Waals surface area contributed by atoms with Crippen LogP contribution in [0.1, 0.15) is 5.56 Å². The molecule has 0 spiro atoms. The number of imidazole rings is 1. The molecule has 2 aromatic carbocycles. The van der Waals surface area contributed by atoms with Gasteiger partial charge in [0.2, 0.25) is 0 Å². The van der Waals surface area contributed by atoms with Gasteiger partial charge in [0.1, 0.15) is 18.9 Å².